The van der Waals surface area contributed by atoms with Crippen LogP contribution in [0.4, 0.5) is 0 Å². The maximum atomic E-state index is 5.71. The van der Waals surface area contributed by atoms with Gasteiger partial charge in [-0.2, -0.15) is 0 Å². The maximum absolute atomic E-state index is 5.71. The lowest BCUT2D eigenvalue weighted by Gasteiger charge is -2.16. The van der Waals surface area contributed by atoms with Gasteiger partial charge in [0.2, 0.25) is 5.75 Å². The molecular weight excluding hydrogens is 254 g/mol. The number of hydrogen-bond donors (Lipinski definition) is 1. The van der Waals surface area contributed by atoms with Crippen LogP contribution < -0.4 is 19.5 Å². The topological polar surface area (TPSA) is 39.7 Å². The minimum Gasteiger partial charge on any atom is -0.493 e. The van der Waals surface area contributed by atoms with Crippen LogP contribution in [0.5, 0.6) is 17.2 Å². The average molecular weight is 279 g/mol. The summed E-state index contributed by atoms with van der Waals surface area (Å²) in [6.07, 6.45) is 3.88. The second kappa shape index (κ2) is 8.48. The molecule has 0 spiro atoms. The van der Waals surface area contributed by atoms with Crippen LogP contribution in [-0.4, -0.2) is 26.9 Å². The fourth-order valence-corrected chi connectivity index (χ4v) is 1.73. The molecule has 1 aromatic rings. The molecule has 0 atom stereocenters. The van der Waals surface area contributed by atoms with E-state index in [2.05, 4.69) is 19.2 Å². The Morgan fingerprint density at radius 1 is 1.15 bits per heavy atom. The van der Waals surface area contributed by atoms with E-state index in [0.29, 0.717) is 29.9 Å². The van der Waals surface area contributed by atoms with Crippen LogP contribution in [0.15, 0.2) is 24.3 Å². The minimum atomic E-state index is 0.428. The highest BCUT2D eigenvalue weighted by Crippen LogP contribution is 2.38. The molecule has 112 valence electrons. The van der Waals surface area contributed by atoms with Crippen molar-refractivity contribution in [2.45, 2.75) is 33.4 Å². The molecule has 0 bridgehead atoms. The van der Waals surface area contributed by atoms with Crippen LogP contribution in [0.1, 0.15) is 26.3 Å². The molecule has 0 fully saturated rings. The Balaban J connectivity index is 2.98. The van der Waals surface area contributed by atoms with Crippen molar-refractivity contribution in [3.8, 4) is 17.2 Å². The van der Waals surface area contributed by atoms with Gasteiger partial charge in [-0.25, -0.2) is 0 Å². The monoisotopic (exact) mass is 279 g/mol. The summed E-state index contributed by atoms with van der Waals surface area (Å²) in [6.45, 7) is 7.44. The summed E-state index contributed by atoms with van der Waals surface area (Å²) in [7, 11) is 3.27. The highest BCUT2D eigenvalue weighted by Gasteiger charge is 2.13. The minimum absolute atomic E-state index is 0.428. The van der Waals surface area contributed by atoms with Crippen molar-refractivity contribution in [3.05, 3.63) is 29.8 Å². The molecule has 4 heteroatoms. The molecule has 1 aromatic carbocycles. The first-order valence-corrected chi connectivity index (χ1v) is 6.84. The zero-order valence-corrected chi connectivity index (χ0v) is 13.0. The molecule has 20 heavy (non-hydrogen) atoms. The van der Waals surface area contributed by atoms with Gasteiger partial charge in [-0.1, -0.05) is 26.0 Å². The second-order valence-electron chi connectivity index (χ2n) is 4.75. The van der Waals surface area contributed by atoms with Gasteiger partial charge >= 0.3 is 0 Å². The second-order valence-corrected chi connectivity index (χ2v) is 4.75. The third-order valence-corrected chi connectivity index (χ3v) is 2.79. The number of hydrogen-bond acceptors (Lipinski definition) is 4. The fraction of sp³-hybridized carbons (Fsp3) is 0.500. The quantitative estimate of drug-likeness (QED) is 0.742. The number of ether oxygens (including phenoxy) is 3. The third-order valence-electron chi connectivity index (χ3n) is 2.79. The summed E-state index contributed by atoms with van der Waals surface area (Å²) >= 11 is 0. The van der Waals surface area contributed by atoms with Gasteiger partial charge in [-0.15, -0.1) is 0 Å². The van der Waals surface area contributed by atoms with Gasteiger partial charge in [-0.3, -0.25) is 0 Å². The molecule has 0 aliphatic rings. The van der Waals surface area contributed by atoms with Crippen molar-refractivity contribution in [2.75, 3.05) is 20.8 Å². The summed E-state index contributed by atoms with van der Waals surface area (Å²) in [5, 5.41) is 3.37. The first-order chi connectivity index (χ1) is 9.62. The predicted molar refractivity (Wildman–Crippen MR) is 81.8 cm³/mol. The smallest absolute Gasteiger partial charge is 0.203 e. The van der Waals surface area contributed by atoms with E-state index in [1.165, 1.54) is 0 Å². The Hall–Kier alpha value is -1.68. The molecule has 0 unspecified atom stereocenters. The third kappa shape index (κ3) is 4.78. The molecule has 0 heterocycles. The Morgan fingerprint density at radius 3 is 2.20 bits per heavy atom. The Labute approximate surface area is 121 Å². The summed E-state index contributed by atoms with van der Waals surface area (Å²) in [5.41, 5.74) is 1.10. The molecular formula is C16H25NO3. The van der Waals surface area contributed by atoms with Gasteiger partial charge in [0, 0.05) is 12.6 Å². The van der Waals surface area contributed by atoms with E-state index < -0.39 is 0 Å². The van der Waals surface area contributed by atoms with Gasteiger partial charge in [-0.05, 0) is 24.6 Å². The maximum Gasteiger partial charge on any atom is 0.203 e. The van der Waals surface area contributed by atoms with E-state index in [1.54, 1.807) is 14.2 Å². The number of methoxy groups -OCH3 is 2. The van der Waals surface area contributed by atoms with Crippen molar-refractivity contribution < 1.29 is 14.2 Å². The van der Waals surface area contributed by atoms with Crippen LogP contribution in [0, 0.1) is 0 Å². The van der Waals surface area contributed by atoms with E-state index in [9.17, 15) is 0 Å². The fourth-order valence-electron chi connectivity index (χ4n) is 1.73. The number of benzene rings is 1. The highest BCUT2D eigenvalue weighted by molar-refractivity contribution is 5.54. The van der Waals surface area contributed by atoms with E-state index in [4.69, 9.17) is 14.2 Å². The highest BCUT2D eigenvalue weighted by atomic mass is 16.5. The molecule has 0 amide bonds. The van der Waals surface area contributed by atoms with Gasteiger partial charge in [0.1, 0.15) is 6.61 Å². The summed E-state index contributed by atoms with van der Waals surface area (Å²) < 4.78 is 16.5. The van der Waals surface area contributed by atoms with Crippen molar-refractivity contribution in [3.63, 3.8) is 0 Å². The predicted octanol–water partition coefficient (Wildman–Crippen LogP) is 3.16. The molecule has 1 N–H and O–H groups in total. The number of allylic oxidation sites excluding steroid dienone is 1. The lowest BCUT2D eigenvalue weighted by Crippen LogP contribution is -2.21. The largest absolute Gasteiger partial charge is 0.493 e. The van der Waals surface area contributed by atoms with Crippen molar-refractivity contribution in [2.24, 2.45) is 0 Å². The van der Waals surface area contributed by atoms with Gasteiger partial charge in [0.15, 0.2) is 11.5 Å². The SMILES string of the molecule is C/C=C/COc1c(OC)cc(CNC(C)C)cc1OC. The molecule has 0 radical (unpaired) electrons. The lowest BCUT2D eigenvalue weighted by molar-refractivity contribution is 0.300. The normalized spacial score (nSPS) is 11.1. The molecule has 0 aliphatic carbocycles. The van der Waals surface area contributed by atoms with Crippen LogP contribution in [0.2, 0.25) is 0 Å². The van der Waals surface area contributed by atoms with E-state index in [-0.39, 0.29) is 0 Å². The Morgan fingerprint density at radius 2 is 1.75 bits per heavy atom. The van der Waals surface area contributed by atoms with Crippen LogP contribution >= 0.6 is 0 Å². The molecule has 0 saturated heterocycles. The van der Waals surface area contributed by atoms with E-state index >= 15 is 0 Å². The van der Waals surface area contributed by atoms with Crippen LogP contribution in [0.25, 0.3) is 0 Å². The van der Waals surface area contributed by atoms with Crippen LogP contribution in [-0.2, 0) is 6.54 Å². The Kier molecular flexibility index (Phi) is 6.94. The van der Waals surface area contributed by atoms with E-state index in [1.807, 2.05) is 31.2 Å². The van der Waals surface area contributed by atoms with Gasteiger partial charge < -0.3 is 19.5 Å². The zero-order valence-electron chi connectivity index (χ0n) is 13.0. The Bertz CT molecular complexity index is 416. The van der Waals surface area contributed by atoms with Crippen molar-refractivity contribution >= 4 is 0 Å². The summed E-state index contributed by atoms with van der Waals surface area (Å²) in [5.74, 6) is 2.02. The van der Waals surface area contributed by atoms with Gasteiger partial charge in [0.25, 0.3) is 0 Å². The summed E-state index contributed by atoms with van der Waals surface area (Å²) in [4.78, 5) is 0. The van der Waals surface area contributed by atoms with E-state index in [0.717, 1.165) is 12.1 Å². The first-order valence-electron chi connectivity index (χ1n) is 6.84. The molecule has 0 saturated carbocycles. The number of nitrogens with one attached hydrogen (secondary N) is 1. The molecule has 4 nitrogen and oxygen atoms in total. The summed E-state index contributed by atoms with van der Waals surface area (Å²) in [6, 6.07) is 4.38. The molecule has 0 aromatic heterocycles. The molecule has 0 aliphatic heterocycles. The number of rotatable bonds is 8. The molecule has 1 rings (SSSR count). The van der Waals surface area contributed by atoms with Crippen LogP contribution in [0.3, 0.4) is 0 Å². The first kappa shape index (κ1) is 16.4. The lowest BCUT2D eigenvalue weighted by atomic mass is 10.1. The van der Waals surface area contributed by atoms with Crippen molar-refractivity contribution in [1.82, 2.24) is 5.32 Å². The van der Waals surface area contributed by atoms with Crippen molar-refractivity contribution in [1.29, 1.82) is 0 Å². The van der Waals surface area contributed by atoms with Gasteiger partial charge in [0.05, 0.1) is 14.2 Å². The standard InChI is InChI=1S/C16H25NO3/c1-6-7-8-20-16-14(18-4)9-13(10-15(16)19-5)11-17-12(2)3/h6-7,9-10,12,17H,8,11H2,1-5H3/b7-6+. The zero-order chi connectivity index (χ0) is 15.0. The average Bonchev–Trinajstić information content (AvgIpc) is 2.45.